The molecule has 1 saturated heterocycles. The summed E-state index contributed by atoms with van der Waals surface area (Å²) >= 11 is 1.44. The molecule has 0 unspecified atom stereocenters. The fourth-order valence-electron chi connectivity index (χ4n) is 3.81. The molecule has 1 N–H and O–H groups in total. The van der Waals surface area contributed by atoms with Crippen LogP contribution in [0.3, 0.4) is 0 Å². The van der Waals surface area contributed by atoms with E-state index in [1.165, 1.54) is 23.5 Å². The van der Waals surface area contributed by atoms with Crippen LogP contribution in [-0.4, -0.2) is 27.5 Å². The van der Waals surface area contributed by atoms with E-state index in [-0.39, 0.29) is 5.82 Å². The first-order valence-corrected chi connectivity index (χ1v) is 9.86. The zero-order valence-corrected chi connectivity index (χ0v) is 15.6. The van der Waals surface area contributed by atoms with Gasteiger partial charge in [0.15, 0.2) is 17.3 Å². The van der Waals surface area contributed by atoms with E-state index in [0.717, 1.165) is 41.3 Å². The molecule has 0 atom stereocenters. The molecule has 0 bridgehead atoms. The molecule has 0 spiro atoms. The quantitative estimate of drug-likeness (QED) is 0.546. The Labute approximate surface area is 158 Å². The second kappa shape index (κ2) is 6.35. The lowest BCUT2D eigenvalue weighted by atomic mass is 9.95. The van der Waals surface area contributed by atoms with Gasteiger partial charge < -0.3 is 9.72 Å². The molecule has 4 heterocycles. The predicted octanol–water partition coefficient (Wildman–Crippen LogP) is 4.66. The van der Waals surface area contributed by atoms with Gasteiger partial charge >= 0.3 is 0 Å². The maximum absolute atomic E-state index is 14.7. The van der Waals surface area contributed by atoms with Gasteiger partial charge in [0.1, 0.15) is 5.52 Å². The smallest absolute Gasteiger partial charge is 0.173 e. The summed E-state index contributed by atoms with van der Waals surface area (Å²) in [7, 11) is 0. The summed E-state index contributed by atoms with van der Waals surface area (Å²) in [5.74, 6) is -0.426. The molecule has 3 aromatic heterocycles. The number of thiazole rings is 1. The summed E-state index contributed by atoms with van der Waals surface area (Å²) in [6, 6.07) is 4.73. The summed E-state index contributed by atoms with van der Waals surface area (Å²) in [5.41, 5.74) is 2.89. The lowest BCUT2D eigenvalue weighted by Crippen LogP contribution is -2.26. The van der Waals surface area contributed by atoms with Crippen LogP contribution < -0.4 is 5.32 Å². The molecule has 5 rings (SSSR count). The average molecular weight is 384 g/mol. The average Bonchev–Trinajstić information content (AvgIpc) is 3.26. The van der Waals surface area contributed by atoms with Crippen LogP contribution in [0.5, 0.6) is 0 Å². The number of aromatic nitrogens is 3. The number of piperidine rings is 1. The molecule has 0 aliphatic carbocycles. The van der Waals surface area contributed by atoms with E-state index in [2.05, 4.69) is 15.3 Å². The van der Waals surface area contributed by atoms with Gasteiger partial charge in [-0.05, 0) is 56.6 Å². The number of pyridine rings is 1. The largest absolute Gasteiger partial charge is 0.317 e. The Morgan fingerprint density at radius 1 is 1.04 bits per heavy atom. The first kappa shape index (κ1) is 16.8. The van der Waals surface area contributed by atoms with Crippen molar-refractivity contribution < 1.29 is 8.78 Å². The monoisotopic (exact) mass is 384 g/mol. The topological polar surface area (TPSA) is 42.2 Å². The van der Waals surface area contributed by atoms with Gasteiger partial charge in [0.25, 0.3) is 0 Å². The number of imidazole rings is 1. The molecule has 7 heteroatoms. The second-order valence-corrected chi connectivity index (χ2v) is 8.27. The van der Waals surface area contributed by atoms with Crippen molar-refractivity contribution >= 4 is 27.2 Å². The second-order valence-electron chi connectivity index (χ2n) is 7.04. The minimum atomic E-state index is -0.395. The van der Waals surface area contributed by atoms with Crippen molar-refractivity contribution in [3.05, 3.63) is 52.9 Å². The molecule has 138 valence electrons. The van der Waals surface area contributed by atoms with Crippen LogP contribution in [0.4, 0.5) is 8.78 Å². The van der Waals surface area contributed by atoms with Gasteiger partial charge in [-0.15, -0.1) is 11.3 Å². The van der Waals surface area contributed by atoms with E-state index >= 15 is 0 Å². The van der Waals surface area contributed by atoms with Crippen molar-refractivity contribution in [3.63, 3.8) is 0 Å². The molecule has 0 saturated carbocycles. The normalized spacial score (nSPS) is 15.8. The van der Waals surface area contributed by atoms with Crippen LogP contribution in [-0.2, 0) is 0 Å². The highest BCUT2D eigenvalue weighted by Gasteiger charge is 2.20. The molecule has 1 aliphatic heterocycles. The molecular weight excluding hydrogens is 366 g/mol. The Balaban J connectivity index is 1.61. The number of benzene rings is 1. The van der Waals surface area contributed by atoms with Crippen molar-refractivity contribution in [3.8, 4) is 11.1 Å². The molecule has 4 aromatic rings. The third-order valence-corrected chi connectivity index (χ3v) is 6.09. The Kier molecular flexibility index (Phi) is 3.94. The maximum atomic E-state index is 14.7. The molecule has 1 aliphatic rings. The summed E-state index contributed by atoms with van der Waals surface area (Å²) in [5, 5.41) is 4.14. The SMILES string of the molecule is Cc1nc2c(F)cc(-c3cc(F)c4nc(C5CCNCC5)cn4c3)cc2s1. The van der Waals surface area contributed by atoms with Crippen LogP contribution >= 0.6 is 11.3 Å². The van der Waals surface area contributed by atoms with Crippen molar-refractivity contribution in [2.75, 3.05) is 13.1 Å². The van der Waals surface area contributed by atoms with Gasteiger partial charge in [0.05, 0.1) is 15.4 Å². The number of rotatable bonds is 2. The molecule has 1 aromatic carbocycles. The molecular formula is C20H18F2N4S. The van der Waals surface area contributed by atoms with Crippen molar-refractivity contribution in [2.24, 2.45) is 0 Å². The summed E-state index contributed by atoms with van der Waals surface area (Å²) in [6.07, 6.45) is 5.74. The summed E-state index contributed by atoms with van der Waals surface area (Å²) in [4.78, 5) is 8.74. The lowest BCUT2D eigenvalue weighted by Gasteiger charge is -2.20. The highest BCUT2D eigenvalue weighted by molar-refractivity contribution is 7.18. The number of aryl methyl sites for hydroxylation is 1. The van der Waals surface area contributed by atoms with E-state index < -0.39 is 5.82 Å². The minimum Gasteiger partial charge on any atom is -0.317 e. The van der Waals surface area contributed by atoms with Gasteiger partial charge in [-0.2, -0.15) is 0 Å². The predicted molar refractivity (Wildman–Crippen MR) is 103 cm³/mol. The zero-order chi connectivity index (χ0) is 18.5. The first-order valence-electron chi connectivity index (χ1n) is 9.04. The Morgan fingerprint density at radius 3 is 2.63 bits per heavy atom. The number of nitrogens with one attached hydrogen (secondary N) is 1. The van der Waals surface area contributed by atoms with Crippen LogP contribution in [0.15, 0.2) is 30.6 Å². The fourth-order valence-corrected chi connectivity index (χ4v) is 4.70. The highest BCUT2D eigenvalue weighted by Crippen LogP contribution is 2.32. The van der Waals surface area contributed by atoms with Gasteiger partial charge in [-0.3, -0.25) is 0 Å². The molecule has 0 amide bonds. The third-order valence-electron chi connectivity index (χ3n) is 5.17. The highest BCUT2D eigenvalue weighted by atomic mass is 32.1. The maximum Gasteiger partial charge on any atom is 0.173 e. The number of fused-ring (bicyclic) bond motifs is 2. The van der Waals surface area contributed by atoms with Gasteiger partial charge in [0, 0.05) is 23.9 Å². The molecule has 1 fully saturated rings. The van der Waals surface area contributed by atoms with Crippen molar-refractivity contribution in [2.45, 2.75) is 25.7 Å². The number of hydrogen-bond acceptors (Lipinski definition) is 4. The van der Waals surface area contributed by atoms with Crippen LogP contribution in [0.1, 0.15) is 29.5 Å². The number of halogens is 2. The van der Waals surface area contributed by atoms with E-state index in [1.54, 1.807) is 4.40 Å². The van der Waals surface area contributed by atoms with E-state index in [4.69, 9.17) is 0 Å². The Bertz CT molecular complexity index is 1160. The first-order chi connectivity index (χ1) is 13.1. The van der Waals surface area contributed by atoms with Crippen LogP contribution in [0, 0.1) is 18.6 Å². The minimum absolute atomic E-state index is 0.322. The third kappa shape index (κ3) is 2.91. The molecule has 4 nitrogen and oxygen atoms in total. The summed E-state index contributed by atoms with van der Waals surface area (Å²) < 4.78 is 31.7. The molecule has 27 heavy (non-hydrogen) atoms. The number of hydrogen-bond donors (Lipinski definition) is 1. The molecule has 0 radical (unpaired) electrons. The van der Waals surface area contributed by atoms with Gasteiger partial charge in [-0.1, -0.05) is 0 Å². The standard InChI is InChI=1S/C20H18F2N4S/c1-11-24-19-15(21)6-13(8-18(19)27-11)14-7-16(22)20-25-17(10-26(20)9-14)12-2-4-23-5-3-12/h6-10,12,23H,2-5H2,1H3. The Hall–Kier alpha value is -2.38. The van der Waals surface area contributed by atoms with E-state index in [1.807, 2.05) is 25.4 Å². The fraction of sp³-hybridized carbons (Fsp3) is 0.300. The van der Waals surface area contributed by atoms with Crippen molar-refractivity contribution in [1.29, 1.82) is 0 Å². The zero-order valence-electron chi connectivity index (χ0n) is 14.8. The lowest BCUT2D eigenvalue weighted by molar-refractivity contribution is 0.454. The Morgan fingerprint density at radius 2 is 1.81 bits per heavy atom. The van der Waals surface area contributed by atoms with Crippen molar-refractivity contribution in [1.82, 2.24) is 19.7 Å². The van der Waals surface area contributed by atoms with E-state index in [0.29, 0.717) is 28.2 Å². The van der Waals surface area contributed by atoms with Crippen LogP contribution in [0.25, 0.3) is 27.0 Å². The van der Waals surface area contributed by atoms with Gasteiger partial charge in [0.2, 0.25) is 0 Å². The van der Waals surface area contributed by atoms with Gasteiger partial charge in [-0.25, -0.2) is 18.7 Å². The summed E-state index contributed by atoms with van der Waals surface area (Å²) in [6.45, 7) is 3.77. The van der Waals surface area contributed by atoms with Crippen LogP contribution in [0.2, 0.25) is 0 Å². The van der Waals surface area contributed by atoms with E-state index in [9.17, 15) is 8.78 Å². The number of nitrogens with zero attached hydrogens (tertiary/aromatic N) is 3.